The molecule has 10 heteroatoms. The van der Waals surface area contributed by atoms with Crippen molar-refractivity contribution in [1.82, 2.24) is 24.3 Å². The Morgan fingerprint density at radius 3 is 2.62 bits per heavy atom. The van der Waals surface area contributed by atoms with E-state index in [1.807, 2.05) is 0 Å². The number of carbonyl (C=O) groups excluding carboxylic acids is 1. The number of halogens is 3. The van der Waals surface area contributed by atoms with Gasteiger partial charge in [-0.1, -0.05) is 0 Å². The van der Waals surface area contributed by atoms with Crippen molar-refractivity contribution in [3.05, 3.63) is 55.0 Å². The minimum Gasteiger partial charge on any atom is -0.323 e. The van der Waals surface area contributed by atoms with E-state index in [4.69, 9.17) is 0 Å². The number of rotatable bonds is 4. The van der Waals surface area contributed by atoms with Crippen LogP contribution in [-0.2, 0) is 17.5 Å². The van der Waals surface area contributed by atoms with E-state index < -0.39 is 17.8 Å². The molecule has 24 heavy (non-hydrogen) atoms. The summed E-state index contributed by atoms with van der Waals surface area (Å²) in [4.78, 5) is 19.9. The fourth-order valence-corrected chi connectivity index (χ4v) is 1.96. The molecular formula is C14H11F3N6O. The van der Waals surface area contributed by atoms with Crippen molar-refractivity contribution in [2.45, 2.75) is 12.7 Å². The standard InChI is InChI=1S/C14H11F3N6O/c15-14(16,17)11-3-5-23(21-11)8-13(24)20-10-1-2-12(19-7-10)22-6-4-18-9-22/h1-7,9H,8H2,(H,20,24). The quantitative estimate of drug-likeness (QED) is 0.792. The molecule has 0 fully saturated rings. The molecule has 1 N–H and O–H groups in total. The lowest BCUT2D eigenvalue weighted by atomic mass is 10.4. The molecule has 0 bridgehead atoms. The number of alkyl halides is 3. The second-order valence-corrected chi connectivity index (χ2v) is 4.82. The molecule has 0 saturated heterocycles. The Morgan fingerprint density at radius 2 is 2.04 bits per heavy atom. The lowest BCUT2D eigenvalue weighted by Crippen LogP contribution is -2.20. The van der Waals surface area contributed by atoms with E-state index in [1.165, 1.54) is 6.20 Å². The van der Waals surface area contributed by atoms with E-state index in [0.29, 0.717) is 11.5 Å². The lowest BCUT2D eigenvalue weighted by molar-refractivity contribution is -0.141. The number of nitrogens with one attached hydrogen (secondary N) is 1. The van der Waals surface area contributed by atoms with Crippen molar-refractivity contribution in [2.24, 2.45) is 0 Å². The molecular weight excluding hydrogens is 325 g/mol. The van der Waals surface area contributed by atoms with Crippen LogP contribution in [0.25, 0.3) is 5.82 Å². The smallest absolute Gasteiger partial charge is 0.323 e. The molecule has 0 aliphatic carbocycles. The molecule has 0 spiro atoms. The van der Waals surface area contributed by atoms with Crippen molar-refractivity contribution in [1.29, 1.82) is 0 Å². The largest absolute Gasteiger partial charge is 0.435 e. The van der Waals surface area contributed by atoms with Crippen molar-refractivity contribution in [3.63, 3.8) is 0 Å². The Hall–Kier alpha value is -3.17. The number of pyridine rings is 1. The maximum absolute atomic E-state index is 12.4. The maximum atomic E-state index is 12.4. The molecule has 0 aliphatic heterocycles. The van der Waals surface area contributed by atoms with Gasteiger partial charge in [0.25, 0.3) is 0 Å². The van der Waals surface area contributed by atoms with Crippen LogP contribution in [0.1, 0.15) is 5.69 Å². The molecule has 3 heterocycles. The van der Waals surface area contributed by atoms with E-state index in [1.54, 1.807) is 35.4 Å². The summed E-state index contributed by atoms with van der Waals surface area (Å²) in [6, 6.07) is 4.12. The number of hydrogen-bond acceptors (Lipinski definition) is 4. The van der Waals surface area contributed by atoms with Crippen molar-refractivity contribution in [2.75, 3.05) is 5.32 Å². The molecule has 7 nitrogen and oxygen atoms in total. The fourth-order valence-electron chi connectivity index (χ4n) is 1.96. The maximum Gasteiger partial charge on any atom is 0.435 e. The second-order valence-electron chi connectivity index (χ2n) is 4.82. The predicted octanol–water partition coefficient (Wildman–Crippen LogP) is 2.12. The molecule has 0 unspecified atom stereocenters. The third-order valence-electron chi connectivity index (χ3n) is 3.04. The van der Waals surface area contributed by atoms with Gasteiger partial charge in [0.05, 0.1) is 11.9 Å². The zero-order valence-corrected chi connectivity index (χ0v) is 12.1. The molecule has 124 valence electrons. The highest BCUT2D eigenvalue weighted by molar-refractivity contribution is 5.90. The first-order chi connectivity index (χ1) is 11.4. The minimum atomic E-state index is -4.53. The van der Waals surface area contributed by atoms with Gasteiger partial charge in [-0.25, -0.2) is 9.97 Å². The van der Waals surface area contributed by atoms with Crippen LogP contribution < -0.4 is 5.32 Å². The third kappa shape index (κ3) is 3.59. The highest BCUT2D eigenvalue weighted by Gasteiger charge is 2.33. The molecule has 3 aromatic rings. The number of hydrogen-bond donors (Lipinski definition) is 1. The van der Waals surface area contributed by atoms with Crippen molar-refractivity contribution < 1.29 is 18.0 Å². The van der Waals surface area contributed by atoms with E-state index in [-0.39, 0.29) is 6.54 Å². The normalized spacial score (nSPS) is 11.5. The molecule has 0 saturated carbocycles. The van der Waals surface area contributed by atoms with Crippen LogP contribution in [0.2, 0.25) is 0 Å². The molecule has 0 aromatic carbocycles. The molecule has 1 amide bonds. The first-order valence-electron chi connectivity index (χ1n) is 6.77. The summed E-state index contributed by atoms with van der Waals surface area (Å²) in [6.07, 6.45) is 2.92. The van der Waals surface area contributed by atoms with E-state index >= 15 is 0 Å². The monoisotopic (exact) mass is 336 g/mol. The average Bonchev–Trinajstić information content (AvgIpc) is 3.18. The van der Waals surface area contributed by atoms with E-state index in [2.05, 4.69) is 20.4 Å². The Labute approximate surface area is 133 Å². The lowest BCUT2D eigenvalue weighted by Gasteiger charge is -2.07. The Balaban J connectivity index is 1.61. The zero-order valence-electron chi connectivity index (χ0n) is 12.1. The number of carbonyl (C=O) groups is 1. The van der Waals surface area contributed by atoms with Crippen LogP contribution >= 0.6 is 0 Å². The zero-order chi connectivity index (χ0) is 17.2. The molecule has 0 atom stereocenters. The van der Waals surface area contributed by atoms with E-state index in [9.17, 15) is 18.0 Å². The Morgan fingerprint density at radius 1 is 1.21 bits per heavy atom. The molecule has 0 aliphatic rings. The molecule has 3 rings (SSSR count). The summed E-state index contributed by atoms with van der Waals surface area (Å²) in [5, 5.41) is 5.86. The van der Waals surface area contributed by atoms with Crippen LogP contribution in [-0.4, -0.2) is 30.2 Å². The van der Waals surface area contributed by atoms with Crippen LogP contribution in [0.5, 0.6) is 0 Å². The summed E-state index contributed by atoms with van der Waals surface area (Å²) >= 11 is 0. The number of anilines is 1. The fraction of sp³-hybridized carbons (Fsp3) is 0.143. The van der Waals surface area contributed by atoms with Crippen LogP contribution in [0.3, 0.4) is 0 Å². The summed E-state index contributed by atoms with van der Waals surface area (Å²) in [5.74, 6) is 0.108. The van der Waals surface area contributed by atoms with Gasteiger partial charge in [-0.15, -0.1) is 0 Å². The highest BCUT2D eigenvalue weighted by Crippen LogP contribution is 2.27. The predicted molar refractivity (Wildman–Crippen MR) is 77.2 cm³/mol. The Kier molecular flexibility index (Phi) is 4.02. The summed E-state index contributed by atoms with van der Waals surface area (Å²) < 4.78 is 40.0. The van der Waals surface area contributed by atoms with Gasteiger partial charge >= 0.3 is 6.18 Å². The van der Waals surface area contributed by atoms with Gasteiger partial charge in [0.15, 0.2) is 5.69 Å². The van der Waals surface area contributed by atoms with Gasteiger partial charge in [0.1, 0.15) is 18.7 Å². The van der Waals surface area contributed by atoms with Crippen LogP contribution in [0.4, 0.5) is 18.9 Å². The van der Waals surface area contributed by atoms with Gasteiger partial charge in [-0.05, 0) is 18.2 Å². The van der Waals surface area contributed by atoms with Crippen LogP contribution in [0, 0.1) is 0 Å². The van der Waals surface area contributed by atoms with Gasteiger partial charge in [0.2, 0.25) is 5.91 Å². The molecule has 3 aromatic heterocycles. The van der Waals surface area contributed by atoms with Crippen LogP contribution in [0.15, 0.2) is 49.3 Å². The Bertz CT molecular complexity index is 823. The minimum absolute atomic E-state index is 0.334. The number of amides is 1. The number of aromatic nitrogens is 5. The summed E-state index contributed by atoms with van der Waals surface area (Å²) in [6.45, 7) is -0.334. The first-order valence-corrected chi connectivity index (χ1v) is 6.77. The van der Waals surface area contributed by atoms with Gasteiger partial charge in [-0.3, -0.25) is 14.0 Å². The third-order valence-corrected chi connectivity index (χ3v) is 3.04. The highest BCUT2D eigenvalue weighted by atomic mass is 19.4. The second kappa shape index (κ2) is 6.14. The summed E-state index contributed by atoms with van der Waals surface area (Å²) in [7, 11) is 0. The molecule has 0 radical (unpaired) electrons. The van der Waals surface area contributed by atoms with Crippen molar-refractivity contribution in [3.8, 4) is 5.82 Å². The average molecular weight is 336 g/mol. The summed E-state index contributed by atoms with van der Waals surface area (Å²) in [5.41, 5.74) is -0.617. The topological polar surface area (TPSA) is 77.6 Å². The SMILES string of the molecule is O=C(Cn1ccc(C(F)(F)F)n1)Nc1ccc(-n2ccnc2)nc1. The first kappa shape index (κ1) is 15.7. The van der Waals surface area contributed by atoms with Gasteiger partial charge in [-0.2, -0.15) is 18.3 Å². The van der Waals surface area contributed by atoms with Gasteiger partial charge < -0.3 is 5.32 Å². The number of nitrogens with zero attached hydrogens (tertiary/aromatic N) is 5. The number of imidazole rings is 1. The van der Waals surface area contributed by atoms with Gasteiger partial charge in [0, 0.05) is 18.6 Å². The van der Waals surface area contributed by atoms with E-state index in [0.717, 1.165) is 16.9 Å². The van der Waals surface area contributed by atoms with Crippen molar-refractivity contribution >= 4 is 11.6 Å².